The Morgan fingerprint density at radius 2 is 1.17 bits per heavy atom. The molecular formula is C28H39N2+. The third-order valence-corrected chi connectivity index (χ3v) is 6.17. The molecule has 1 heterocycles. The highest BCUT2D eigenvalue weighted by Gasteiger charge is 2.29. The van der Waals surface area contributed by atoms with E-state index in [1.165, 1.54) is 39.5 Å². The van der Waals surface area contributed by atoms with E-state index in [9.17, 15) is 0 Å². The van der Waals surface area contributed by atoms with Gasteiger partial charge in [0.2, 0.25) is 0 Å². The average Bonchev–Trinajstić information content (AvgIpc) is 3.04. The van der Waals surface area contributed by atoms with Crippen LogP contribution in [0.15, 0.2) is 48.7 Å². The van der Waals surface area contributed by atoms with E-state index in [1.807, 2.05) is 0 Å². The predicted molar refractivity (Wildman–Crippen MR) is 129 cm³/mol. The van der Waals surface area contributed by atoms with Gasteiger partial charge in [0, 0.05) is 23.6 Å². The van der Waals surface area contributed by atoms with E-state index in [4.69, 9.17) is 0 Å². The first-order valence-corrected chi connectivity index (χ1v) is 11.5. The zero-order chi connectivity index (χ0) is 22.2. The molecule has 3 aromatic rings. The van der Waals surface area contributed by atoms with Gasteiger partial charge in [0.1, 0.15) is 11.9 Å². The van der Waals surface area contributed by atoms with E-state index in [-0.39, 0.29) is 0 Å². The van der Waals surface area contributed by atoms with Crippen molar-refractivity contribution >= 4 is 0 Å². The third-order valence-electron chi connectivity index (χ3n) is 6.17. The van der Waals surface area contributed by atoms with Gasteiger partial charge in [0.25, 0.3) is 5.82 Å². The number of imidazole rings is 1. The second kappa shape index (κ2) is 8.79. The SMILES string of the molecule is Cc1n(C(C)C)c(-c2ccccc2C(C)C)c[n+]1-c1c(C(C)C)cccc1C(C)C. The number of hydrogen-bond donors (Lipinski definition) is 0. The number of hydrogen-bond acceptors (Lipinski definition) is 0. The van der Waals surface area contributed by atoms with E-state index in [2.05, 4.69) is 120 Å². The van der Waals surface area contributed by atoms with E-state index >= 15 is 0 Å². The lowest BCUT2D eigenvalue weighted by molar-refractivity contribution is -0.603. The summed E-state index contributed by atoms with van der Waals surface area (Å²) in [5.41, 5.74) is 8.25. The molecule has 0 unspecified atom stereocenters. The molecule has 0 radical (unpaired) electrons. The Morgan fingerprint density at radius 1 is 0.667 bits per heavy atom. The van der Waals surface area contributed by atoms with Crippen molar-refractivity contribution in [2.45, 2.75) is 86.1 Å². The Bertz CT molecular complexity index is 993. The van der Waals surface area contributed by atoms with Crippen molar-refractivity contribution < 1.29 is 4.57 Å². The number of benzene rings is 2. The maximum atomic E-state index is 2.50. The molecule has 160 valence electrons. The van der Waals surface area contributed by atoms with Crippen molar-refractivity contribution in [2.24, 2.45) is 0 Å². The summed E-state index contributed by atoms with van der Waals surface area (Å²) in [7, 11) is 0. The summed E-state index contributed by atoms with van der Waals surface area (Å²) in [6.45, 7) is 20.6. The quantitative estimate of drug-likeness (QED) is 0.373. The molecule has 30 heavy (non-hydrogen) atoms. The van der Waals surface area contributed by atoms with Crippen LogP contribution in [0.25, 0.3) is 16.9 Å². The number of para-hydroxylation sites is 1. The van der Waals surface area contributed by atoms with Gasteiger partial charge in [-0.3, -0.25) is 0 Å². The molecule has 2 nitrogen and oxygen atoms in total. The molecule has 0 saturated heterocycles. The molecule has 0 aliphatic rings. The standard InChI is InChI=1S/C28H39N2/c1-18(2)23-13-10-11-14-26(23)27-17-29(22(9)30(27)21(7)8)28-24(19(3)4)15-12-16-25(28)20(5)6/h10-21H,1-9H3/q+1. The van der Waals surface area contributed by atoms with Gasteiger partial charge in [-0.25, -0.2) is 4.57 Å². The van der Waals surface area contributed by atoms with Gasteiger partial charge >= 0.3 is 0 Å². The molecule has 1 aromatic heterocycles. The summed E-state index contributed by atoms with van der Waals surface area (Å²) in [5.74, 6) is 2.71. The zero-order valence-electron chi connectivity index (χ0n) is 20.3. The number of rotatable bonds is 6. The summed E-state index contributed by atoms with van der Waals surface area (Å²) in [4.78, 5) is 0. The van der Waals surface area contributed by atoms with Crippen molar-refractivity contribution in [3.8, 4) is 16.9 Å². The van der Waals surface area contributed by atoms with Gasteiger partial charge in [-0.2, -0.15) is 4.57 Å². The zero-order valence-corrected chi connectivity index (χ0v) is 20.3. The van der Waals surface area contributed by atoms with E-state index in [0.29, 0.717) is 23.8 Å². The van der Waals surface area contributed by atoms with Crippen LogP contribution in [0.1, 0.15) is 102 Å². The lowest BCUT2D eigenvalue weighted by Crippen LogP contribution is -2.36. The Hall–Kier alpha value is -2.35. The summed E-state index contributed by atoms with van der Waals surface area (Å²) in [6, 6.07) is 16.1. The van der Waals surface area contributed by atoms with Crippen LogP contribution < -0.4 is 4.57 Å². The lowest BCUT2D eigenvalue weighted by Gasteiger charge is -2.17. The van der Waals surface area contributed by atoms with Crippen LogP contribution in [0.2, 0.25) is 0 Å². The molecule has 0 aliphatic carbocycles. The Labute approximate surface area is 183 Å². The lowest BCUT2D eigenvalue weighted by atomic mass is 9.92. The highest BCUT2D eigenvalue weighted by atomic mass is 15.2. The second-order valence-electron chi connectivity index (χ2n) is 9.73. The van der Waals surface area contributed by atoms with E-state index in [0.717, 1.165) is 0 Å². The monoisotopic (exact) mass is 403 g/mol. The van der Waals surface area contributed by atoms with Crippen LogP contribution in [0.3, 0.4) is 0 Å². The molecule has 0 amide bonds. The van der Waals surface area contributed by atoms with Gasteiger partial charge < -0.3 is 0 Å². The molecule has 0 saturated carbocycles. The fourth-order valence-electron chi connectivity index (χ4n) is 4.67. The molecule has 0 N–H and O–H groups in total. The molecule has 2 aromatic carbocycles. The molecule has 3 rings (SSSR count). The van der Waals surface area contributed by atoms with E-state index in [1.54, 1.807) is 0 Å². The first-order valence-electron chi connectivity index (χ1n) is 11.5. The molecular weight excluding hydrogens is 364 g/mol. The molecule has 2 heteroatoms. The Kier molecular flexibility index (Phi) is 6.55. The van der Waals surface area contributed by atoms with Gasteiger partial charge in [0.05, 0.1) is 6.04 Å². The van der Waals surface area contributed by atoms with Crippen LogP contribution >= 0.6 is 0 Å². The molecule has 0 aliphatic heterocycles. The third kappa shape index (κ3) is 3.97. The van der Waals surface area contributed by atoms with Gasteiger partial charge in [-0.05, 0) is 37.2 Å². The fourth-order valence-corrected chi connectivity index (χ4v) is 4.67. The minimum Gasteiger partial charge on any atom is -0.225 e. The van der Waals surface area contributed by atoms with Crippen LogP contribution in [0.5, 0.6) is 0 Å². The number of aromatic nitrogens is 2. The molecule has 0 bridgehead atoms. The summed E-state index contributed by atoms with van der Waals surface area (Å²) < 4.78 is 4.96. The normalized spacial score (nSPS) is 12.0. The average molecular weight is 404 g/mol. The van der Waals surface area contributed by atoms with Gasteiger partial charge in [-0.15, -0.1) is 0 Å². The minimum absolute atomic E-state index is 0.384. The Morgan fingerprint density at radius 3 is 1.67 bits per heavy atom. The van der Waals surface area contributed by atoms with Gasteiger partial charge in [-0.1, -0.05) is 84.0 Å². The minimum atomic E-state index is 0.384. The fraction of sp³-hybridized carbons (Fsp3) is 0.464. The van der Waals surface area contributed by atoms with Crippen LogP contribution in [0.4, 0.5) is 0 Å². The first-order chi connectivity index (χ1) is 14.1. The van der Waals surface area contributed by atoms with Crippen molar-refractivity contribution in [1.29, 1.82) is 0 Å². The van der Waals surface area contributed by atoms with Gasteiger partial charge in [0.15, 0.2) is 5.69 Å². The van der Waals surface area contributed by atoms with Crippen molar-refractivity contribution in [3.05, 3.63) is 71.2 Å². The predicted octanol–water partition coefficient (Wildman–Crippen LogP) is 7.69. The van der Waals surface area contributed by atoms with E-state index < -0.39 is 0 Å². The highest BCUT2D eigenvalue weighted by Crippen LogP contribution is 2.34. The number of nitrogens with zero attached hydrogens (tertiary/aromatic N) is 2. The largest absolute Gasteiger partial charge is 0.259 e. The topological polar surface area (TPSA) is 8.81 Å². The molecule has 0 fully saturated rings. The Balaban J connectivity index is 2.38. The first kappa shape index (κ1) is 22.3. The maximum Gasteiger partial charge on any atom is 0.259 e. The second-order valence-corrected chi connectivity index (χ2v) is 9.73. The summed E-state index contributed by atoms with van der Waals surface area (Å²) >= 11 is 0. The van der Waals surface area contributed by atoms with Crippen LogP contribution in [-0.4, -0.2) is 4.57 Å². The maximum absolute atomic E-state index is 2.50. The summed E-state index contributed by atoms with van der Waals surface area (Å²) in [6.07, 6.45) is 2.38. The molecule has 0 atom stereocenters. The van der Waals surface area contributed by atoms with Crippen molar-refractivity contribution in [3.63, 3.8) is 0 Å². The van der Waals surface area contributed by atoms with Crippen molar-refractivity contribution in [1.82, 2.24) is 4.57 Å². The smallest absolute Gasteiger partial charge is 0.225 e. The summed E-state index contributed by atoms with van der Waals surface area (Å²) in [5, 5.41) is 0. The van der Waals surface area contributed by atoms with Crippen molar-refractivity contribution in [2.75, 3.05) is 0 Å². The van der Waals surface area contributed by atoms with Crippen LogP contribution in [0, 0.1) is 6.92 Å². The van der Waals surface area contributed by atoms with Crippen LogP contribution in [-0.2, 0) is 0 Å². The molecule has 0 spiro atoms. The highest BCUT2D eigenvalue weighted by molar-refractivity contribution is 5.64.